The number of piperidine rings is 1. The van der Waals surface area contributed by atoms with Crippen LogP contribution in [0.3, 0.4) is 0 Å². The highest BCUT2D eigenvalue weighted by Crippen LogP contribution is 2.24. The molecule has 2 aliphatic heterocycles. The maximum atomic E-state index is 12.4. The molecule has 0 aromatic carbocycles. The monoisotopic (exact) mass is 281 g/mol. The number of rotatable bonds is 6. The Morgan fingerprint density at radius 2 is 1.95 bits per heavy atom. The Balaban J connectivity index is 1.74. The number of carbonyl (C=O) groups excluding carboxylic acids is 1. The van der Waals surface area contributed by atoms with Crippen LogP contribution in [0, 0.1) is 0 Å². The van der Waals surface area contributed by atoms with E-state index < -0.39 is 0 Å². The number of piperazine rings is 1. The van der Waals surface area contributed by atoms with Gasteiger partial charge in [0.2, 0.25) is 5.91 Å². The molecule has 0 bridgehead atoms. The van der Waals surface area contributed by atoms with Crippen molar-refractivity contribution in [1.82, 2.24) is 9.80 Å². The second kappa shape index (κ2) is 7.99. The second-order valence-electron chi connectivity index (χ2n) is 6.49. The van der Waals surface area contributed by atoms with E-state index in [1.165, 1.54) is 25.8 Å². The highest BCUT2D eigenvalue weighted by atomic mass is 16.2. The summed E-state index contributed by atoms with van der Waals surface area (Å²) < 4.78 is 0. The molecule has 116 valence electrons. The van der Waals surface area contributed by atoms with E-state index in [9.17, 15) is 4.79 Å². The molecule has 2 N–H and O–H groups in total. The Bertz CT molecular complexity index is 308. The SMILES string of the molecule is CC1CN2CCCCC2CN1C(=O)CCCCCCN. The summed E-state index contributed by atoms with van der Waals surface area (Å²) >= 11 is 0. The highest BCUT2D eigenvalue weighted by molar-refractivity contribution is 5.76. The number of unbranched alkanes of at least 4 members (excludes halogenated alkanes) is 3. The molecule has 0 aromatic heterocycles. The van der Waals surface area contributed by atoms with Gasteiger partial charge in [0.25, 0.3) is 0 Å². The first kappa shape index (κ1) is 15.8. The Morgan fingerprint density at radius 3 is 2.75 bits per heavy atom. The number of hydrogen-bond donors (Lipinski definition) is 1. The van der Waals surface area contributed by atoms with Gasteiger partial charge in [0, 0.05) is 31.6 Å². The molecule has 0 aromatic rings. The predicted molar refractivity (Wildman–Crippen MR) is 82.5 cm³/mol. The third kappa shape index (κ3) is 4.19. The molecule has 4 nitrogen and oxygen atoms in total. The fraction of sp³-hybridized carbons (Fsp3) is 0.938. The van der Waals surface area contributed by atoms with E-state index in [0.717, 1.165) is 51.7 Å². The van der Waals surface area contributed by atoms with E-state index >= 15 is 0 Å². The molecular weight excluding hydrogens is 250 g/mol. The lowest BCUT2D eigenvalue weighted by molar-refractivity contribution is -0.138. The van der Waals surface area contributed by atoms with Gasteiger partial charge in [0.05, 0.1) is 0 Å². The van der Waals surface area contributed by atoms with E-state index in [-0.39, 0.29) is 0 Å². The van der Waals surface area contributed by atoms with Gasteiger partial charge in [-0.2, -0.15) is 0 Å². The fourth-order valence-corrected chi connectivity index (χ4v) is 3.62. The van der Waals surface area contributed by atoms with Crippen LogP contribution in [0.2, 0.25) is 0 Å². The standard InChI is InChI=1S/C16H31N3O/c1-14-12-18-11-7-5-8-15(18)13-19(14)16(20)9-4-2-3-6-10-17/h14-15H,2-13,17H2,1H3. The van der Waals surface area contributed by atoms with Gasteiger partial charge in [-0.05, 0) is 45.7 Å². The third-order valence-electron chi connectivity index (χ3n) is 4.85. The molecular formula is C16H31N3O. The zero-order valence-electron chi connectivity index (χ0n) is 13.0. The molecule has 2 aliphatic rings. The molecule has 1 amide bonds. The molecule has 2 heterocycles. The Kier molecular flexibility index (Phi) is 6.30. The molecule has 2 unspecified atom stereocenters. The van der Waals surface area contributed by atoms with Gasteiger partial charge < -0.3 is 10.6 Å². The van der Waals surface area contributed by atoms with Crippen molar-refractivity contribution in [3.8, 4) is 0 Å². The normalized spacial score (nSPS) is 27.4. The number of carbonyl (C=O) groups is 1. The summed E-state index contributed by atoms with van der Waals surface area (Å²) in [6.07, 6.45) is 9.07. The first-order valence-corrected chi connectivity index (χ1v) is 8.46. The molecule has 4 heteroatoms. The summed E-state index contributed by atoms with van der Waals surface area (Å²) in [6.45, 7) is 6.24. The molecule has 0 saturated carbocycles. The summed E-state index contributed by atoms with van der Waals surface area (Å²) in [5.41, 5.74) is 5.49. The van der Waals surface area contributed by atoms with Crippen molar-refractivity contribution < 1.29 is 4.79 Å². The van der Waals surface area contributed by atoms with Crippen molar-refractivity contribution >= 4 is 5.91 Å². The lowest BCUT2D eigenvalue weighted by Crippen LogP contribution is -2.60. The topological polar surface area (TPSA) is 49.6 Å². The van der Waals surface area contributed by atoms with Gasteiger partial charge >= 0.3 is 0 Å². The zero-order chi connectivity index (χ0) is 14.4. The summed E-state index contributed by atoms with van der Waals surface area (Å²) in [7, 11) is 0. The highest BCUT2D eigenvalue weighted by Gasteiger charge is 2.34. The minimum Gasteiger partial charge on any atom is -0.337 e. The van der Waals surface area contributed by atoms with Gasteiger partial charge in [-0.25, -0.2) is 0 Å². The van der Waals surface area contributed by atoms with Crippen molar-refractivity contribution in [2.75, 3.05) is 26.2 Å². The fourth-order valence-electron chi connectivity index (χ4n) is 3.62. The van der Waals surface area contributed by atoms with Crippen molar-refractivity contribution in [2.45, 2.75) is 70.4 Å². The van der Waals surface area contributed by atoms with Gasteiger partial charge in [-0.1, -0.05) is 19.3 Å². The number of nitrogens with zero attached hydrogens (tertiary/aromatic N) is 2. The average Bonchev–Trinajstić information content (AvgIpc) is 2.46. The van der Waals surface area contributed by atoms with E-state index in [1.54, 1.807) is 0 Å². The van der Waals surface area contributed by atoms with Crippen LogP contribution in [0.5, 0.6) is 0 Å². The lowest BCUT2D eigenvalue weighted by atomic mass is 9.96. The van der Waals surface area contributed by atoms with Crippen LogP contribution in [-0.4, -0.2) is 54.0 Å². The number of amides is 1. The van der Waals surface area contributed by atoms with Gasteiger partial charge in [-0.15, -0.1) is 0 Å². The molecule has 0 aliphatic carbocycles. The Morgan fingerprint density at radius 1 is 1.15 bits per heavy atom. The average molecular weight is 281 g/mol. The Hall–Kier alpha value is -0.610. The molecule has 2 saturated heterocycles. The predicted octanol–water partition coefficient (Wildman–Crippen LogP) is 1.98. The van der Waals surface area contributed by atoms with Crippen LogP contribution in [0.4, 0.5) is 0 Å². The maximum absolute atomic E-state index is 12.4. The van der Waals surface area contributed by atoms with Gasteiger partial charge in [0.15, 0.2) is 0 Å². The maximum Gasteiger partial charge on any atom is 0.222 e. The zero-order valence-corrected chi connectivity index (χ0v) is 13.0. The second-order valence-corrected chi connectivity index (χ2v) is 6.49. The van der Waals surface area contributed by atoms with Crippen molar-refractivity contribution in [1.29, 1.82) is 0 Å². The van der Waals surface area contributed by atoms with Crippen LogP contribution in [0.25, 0.3) is 0 Å². The molecule has 0 spiro atoms. The Labute approximate surface area is 123 Å². The van der Waals surface area contributed by atoms with E-state index in [4.69, 9.17) is 5.73 Å². The molecule has 2 rings (SSSR count). The molecule has 2 fully saturated rings. The van der Waals surface area contributed by atoms with Gasteiger partial charge in [-0.3, -0.25) is 9.69 Å². The summed E-state index contributed by atoms with van der Waals surface area (Å²) in [5.74, 6) is 0.371. The van der Waals surface area contributed by atoms with E-state index in [1.807, 2.05) is 0 Å². The van der Waals surface area contributed by atoms with Crippen LogP contribution in [0.15, 0.2) is 0 Å². The van der Waals surface area contributed by atoms with E-state index in [0.29, 0.717) is 18.0 Å². The third-order valence-corrected chi connectivity index (χ3v) is 4.85. The molecule has 2 atom stereocenters. The summed E-state index contributed by atoms with van der Waals surface area (Å²) in [6, 6.07) is 1.02. The summed E-state index contributed by atoms with van der Waals surface area (Å²) in [5, 5.41) is 0. The number of nitrogens with two attached hydrogens (primary N) is 1. The smallest absolute Gasteiger partial charge is 0.222 e. The lowest BCUT2D eigenvalue weighted by Gasteiger charge is -2.47. The first-order chi connectivity index (χ1) is 9.72. The van der Waals surface area contributed by atoms with Crippen molar-refractivity contribution in [2.24, 2.45) is 5.73 Å². The van der Waals surface area contributed by atoms with Gasteiger partial charge in [0.1, 0.15) is 0 Å². The number of hydrogen-bond acceptors (Lipinski definition) is 3. The minimum atomic E-state index is 0.371. The first-order valence-electron chi connectivity index (χ1n) is 8.46. The van der Waals surface area contributed by atoms with Crippen LogP contribution < -0.4 is 5.73 Å². The molecule has 20 heavy (non-hydrogen) atoms. The van der Waals surface area contributed by atoms with Crippen molar-refractivity contribution in [3.63, 3.8) is 0 Å². The number of fused-ring (bicyclic) bond motifs is 1. The van der Waals surface area contributed by atoms with Crippen LogP contribution in [0.1, 0.15) is 58.3 Å². The van der Waals surface area contributed by atoms with Crippen LogP contribution in [-0.2, 0) is 4.79 Å². The largest absolute Gasteiger partial charge is 0.337 e. The minimum absolute atomic E-state index is 0.371. The summed E-state index contributed by atoms with van der Waals surface area (Å²) in [4.78, 5) is 17.1. The quantitative estimate of drug-likeness (QED) is 0.757. The van der Waals surface area contributed by atoms with Crippen LogP contribution >= 0.6 is 0 Å². The van der Waals surface area contributed by atoms with E-state index in [2.05, 4.69) is 16.7 Å². The van der Waals surface area contributed by atoms with Crippen molar-refractivity contribution in [3.05, 3.63) is 0 Å². The molecule has 0 radical (unpaired) electrons.